The van der Waals surface area contributed by atoms with Crippen molar-refractivity contribution in [1.29, 1.82) is 0 Å². The van der Waals surface area contributed by atoms with E-state index in [9.17, 15) is 4.79 Å². The van der Waals surface area contributed by atoms with Gasteiger partial charge >= 0.3 is 0 Å². The van der Waals surface area contributed by atoms with Crippen molar-refractivity contribution in [2.45, 2.75) is 59.7 Å². The van der Waals surface area contributed by atoms with Crippen LogP contribution in [0.4, 0.5) is 5.69 Å². The van der Waals surface area contributed by atoms with Gasteiger partial charge in [0.05, 0.1) is 29.2 Å². The van der Waals surface area contributed by atoms with Gasteiger partial charge in [-0.2, -0.15) is 0 Å². The molecule has 3 rings (SSSR count). The van der Waals surface area contributed by atoms with Crippen molar-refractivity contribution in [3.05, 3.63) is 83.2 Å². The highest BCUT2D eigenvalue weighted by atomic mass is 16.5. The Morgan fingerprint density at radius 3 is 2.41 bits per heavy atom. The van der Waals surface area contributed by atoms with Gasteiger partial charge in [-0.1, -0.05) is 31.5 Å². The van der Waals surface area contributed by atoms with Crippen molar-refractivity contribution in [1.82, 2.24) is 4.98 Å². The van der Waals surface area contributed by atoms with Crippen LogP contribution in [0.2, 0.25) is 0 Å². The quantitative estimate of drug-likeness (QED) is 0.401. The zero-order valence-electron chi connectivity index (χ0n) is 19.5. The highest BCUT2D eigenvalue weighted by Crippen LogP contribution is 2.25. The number of ether oxygens (including phenoxy) is 2. The number of nitrogens with zero attached hydrogens (tertiary/aromatic N) is 1. The van der Waals surface area contributed by atoms with Gasteiger partial charge in [-0.05, 0) is 76.1 Å². The van der Waals surface area contributed by atoms with Crippen LogP contribution in [0.25, 0.3) is 0 Å². The van der Waals surface area contributed by atoms with Crippen LogP contribution in [-0.2, 0) is 11.2 Å². The van der Waals surface area contributed by atoms with Crippen molar-refractivity contribution >= 4 is 11.6 Å². The van der Waals surface area contributed by atoms with E-state index in [4.69, 9.17) is 9.47 Å². The maximum absolute atomic E-state index is 12.8. The van der Waals surface area contributed by atoms with Crippen molar-refractivity contribution in [3.8, 4) is 11.5 Å². The summed E-state index contributed by atoms with van der Waals surface area (Å²) in [4.78, 5) is 17.4. The molecule has 5 heteroatoms. The number of nitrogens with one attached hydrogen (secondary N) is 1. The van der Waals surface area contributed by atoms with E-state index in [2.05, 4.69) is 29.4 Å². The molecule has 0 aliphatic carbocycles. The minimum atomic E-state index is -0.208. The third-order valence-electron chi connectivity index (χ3n) is 5.03. The topological polar surface area (TPSA) is 60.5 Å². The number of aromatic nitrogens is 1. The van der Waals surface area contributed by atoms with E-state index in [0.717, 1.165) is 24.3 Å². The molecule has 32 heavy (non-hydrogen) atoms. The summed E-state index contributed by atoms with van der Waals surface area (Å²) in [6.07, 6.45) is 2.15. The minimum absolute atomic E-state index is 0.110. The molecular weight excluding hydrogens is 400 g/mol. The third kappa shape index (κ3) is 6.41. The van der Waals surface area contributed by atoms with Crippen molar-refractivity contribution in [3.63, 3.8) is 0 Å². The molecule has 1 amide bonds. The van der Waals surface area contributed by atoms with Crippen LogP contribution in [0.5, 0.6) is 11.5 Å². The van der Waals surface area contributed by atoms with Gasteiger partial charge in [-0.3, -0.25) is 9.78 Å². The van der Waals surface area contributed by atoms with E-state index < -0.39 is 0 Å². The van der Waals surface area contributed by atoms with Crippen LogP contribution in [0.1, 0.15) is 67.5 Å². The van der Waals surface area contributed by atoms with Crippen molar-refractivity contribution in [2.75, 3.05) is 5.32 Å². The SMILES string of the molecule is CCCc1ccc(Oc2cccc(NC(=O)c3ccc(C(C)OC(C)C)nc3C)c2)cc1. The Kier molecular flexibility index (Phi) is 8.01. The van der Waals surface area contributed by atoms with Gasteiger partial charge in [-0.15, -0.1) is 0 Å². The molecule has 1 heterocycles. The van der Waals surface area contributed by atoms with Gasteiger partial charge < -0.3 is 14.8 Å². The molecule has 0 spiro atoms. The molecule has 1 atom stereocenters. The molecule has 1 N–H and O–H groups in total. The second-order valence-electron chi connectivity index (χ2n) is 8.17. The lowest BCUT2D eigenvalue weighted by molar-refractivity contribution is 0.0154. The summed E-state index contributed by atoms with van der Waals surface area (Å²) in [6, 6.07) is 19.1. The average Bonchev–Trinajstić information content (AvgIpc) is 2.75. The van der Waals surface area contributed by atoms with E-state index in [-0.39, 0.29) is 18.1 Å². The van der Waals surface area contributed by atoms with Gasteiger partial charge in [0.15, 0.2) is 0 Å². The number of carbonyl (C=O) groups excluding carboxylic acids is 1. The standard InChI is InChI=1S/C27H32N2O3/c1-6-8-21-11-13-23(14-12-21)32-24-10-7-9-22(17-24)29-27(30)25-15-16-26(28-19(25)4)20(5)31-18(2)3/h7,9-18,20H,6,8H2,1-5H3,(H,29,30). The Morgan fingerprint density at radius 2 is 1.75 bits per heavy atom. The lowest BCUT2D eigenvalue weighted by Crippen LogP contribution is -2.16. The lowest BCUT2D eigenvalue weighted by atomic mass is 10.1. The molecule has 0 bridgehead atoms. The van der Waals surface area contributed by atoms with E-state index in [0.29, 0.717) is 22.7 Å². The molecule has 5 nitrogen and oxygen atoms in total. The second kappa shape index (κ2) is 10.9. The summed E-state index contributed by atoms with van der Waals surface area (Å²) in [7, 11) is 0. The Balaban J connectivity index is 1.67. The summed E-state index contributed by atoms with van der Waals surface area (Å²) in [5.74, 6) is 1.22. The van der Waals surface area contributed by atoms with E-state index in [1.165, 1.54) is 5.56 Å². The zero-order valence-corrected chi connectivity index (χ0v) is 19.5. The number of carbonyl (C=O) groups is 1. The first-order valence-electron chi connectivity index (χ1n) is 11.2. The predicted octanol–water partition coefficient (Wildman–Crippen LogP) is 6.87. The number of hydrogen-bond acceptors (Lipinski definition) is 4. The summed E-state index contributed by atoms with van der Waals surface area (Å²) in [6.45, 7) is 9.94. The average molecular weight is 433 g/mol. The van der Waals surface area contributed by atoms with E-state index in [1.807, 2.05) is 70.2 Å². The van der Waals surface area contributed by atoms with Crippen LogP contribution in [0, 0.1) is 6.92 Å². The number of benzene rings is 2. The minimum Gasteiger partial charge on any atom is -0.457 e. The van der Waals surface area contributed by atoms with E-state index in [1.54, 1.807) is 6.07 Å². The summed E-state index contributed by atoms with van der Waals surface area (Å²) >= 11 is 0. The lowest BCUT2D eigenvalue weighted by Gasteiger charge is -2.17. The van der Waals surface area contributed by atoms with Crippen LogP contribution in [0.15, 0.2) is 60.7 Å². The summed E-state index contributed by atoms with van der Waals surface area (Å²) in [5.41, 5.74) is 3.96. The Bertz CT molecular complexity index is 1050. The maximum atomic E-state index is 12.8. The molecule has 0 aliphatic rings. The largest absolute Gasteiger partial charge is 0.457 e. The highest BCUT2D eigenvalue weighted by Gasteiger charge is 2.15. The number of aryl methyl sites for hydroxylation is 2. The predicted molar refractivity (Wildman–Crippen MR) is 129 cm³/mol. The molecule has 2 aromatic carbocycles. The van der Waals surface area contributed by atoms with Gasteiger partial charge in [0, 0.05) is 11.8 Å². The molecule has 1 aromatic heterocycles. The molecule has 0 radical (unpaired) electrons. The van der Waals surface area contributed by atoms with Gasteiger partial charge in [0.1, 0.15) is 11.5 Å². The molecule has 168 valence electrons. The fourth-order valence-corrected chi connectivity index (χ4v) is 3.51. The first kappa shape index (κ1) is 23.5. The maximum Gasteiger partial charge on any atom is 0.257 e. The normalized spacial score (nSPS) is 11.9. The van der Waals surface area contributed by atoms with Gasteiger partial charge in [-0.25, -0.2) is 0 Å². The monoisotopic (exact) mass is 432 g/mol. The van der Waals surface area contributed by atoms with Crippen LogP contribution >= 0.6 is 0 Å². The van der Waals surface area contributed by atoms with Crippen molar-refractivity contribution in [2.24, 2.45) is 0 Å². The van der Waals surface area contributed by atoms with Crippen LogP contribution < -0.4 is 10.1 Å². The van der Waals surface area contributed by atoms with Gasteiger partial charge in [0.2, 0.25) is 0 Å². The first-order chi connectivity index (χ1) is 15.4. The smallest absolute Gasteiger partial charge is 0.257 e. The summed E-state index contributed by atoms with van der Waals surface area (Å²) < 4.78 is 11.8. The molecule has 0 saturated carbocycles. The molecule has 0 saturated heterocycles. The Morgan fingerprint density at radius 1 is 1.00 bits per heavy atom. The van der Waals surface area contributed by atoms with E-state index >= 15 is 0 Å². The zero-order chi connectivity index (χ0) is 23.1. The molecule has 0 aliphatic heterocycles. The van der Waals surface area contributed by atoms with Crippen LogP contribution in [-0.4, -0.2) is 17.0 Å². The number of pyridine rings is 1. The second-order valence-corrected chi connectivity index (χ2v) is 8.17. The number of rotatable bonds is 9. The fourth-order valence-electron chi connectivity index (χ4n) is 3.51. The number of hydrogen-bond donors (Lipinski definition) is 1. The molecule has 1 unspecified atom stereocenters. The number of amides is 1. The Labute approximate surface area is 190 Å². The molecule has 0 fully saturated rings. The number of anilines is 1. The van der Waals surface area contributed by atoms with Gasteiger partial charge in [0.25, 0.3) is 5.91 Å². The third-order valence-corrected chi connectivity index (χ3v) is 5.03. The van der Waals surface area contributed by atoms with Crippen molar-refractivity contribution < 1.29 is 14.3 Å². The summed E-state index contributed by atoms with van der Waals surface area (Å²) in [5, 5.41) is 2.94. The fraction of sp³-hybridized carbons (Fsp3) is 0.333. The van der Waals surface area contributed by atoms with Crippen LogP contribution in [0.3, 0.4) is 0 Å². The molecular formula is C27H32N2O3. The Hall–Kier alpha value is -3.18. The first-order valence-corrected chi connectivity index (χ1v) is 11.2. The highest BCUT2D eigenvalue weighted by molar-refractivity contribution is 6.05. The molecule has 3 aromatic rings.